The van der Waals surface area contributed by atoms with Gasteiger partial charge in [-0.2, -0.15) is 0 Å². The highest BCUT2D eigenvalue weighted by Crippen LogP contribution is 2.16. The molecule has 4 aromatic rings. The second kappa shape index (κ2) is 17.3. The van der Waals surface area contributed by atoms with Gasteiger partial charge >= 0.3 is 0 Å². The van der Waals surface area contributed by atoms with Gasteiger partial charge in [-0.25, -0.2) is 0 Å². The van der Waals surface area contributed by atoms with E-state index in [0.29, 0.717) is 0 Å². The zero-order chi connectivity index (χ0) is 21.9. The van der Waals surface area contributed by atoms with Crippen LogP contribution >= 0.6 is 0 Å². The minimum atomic E-state index is 1.32. The standard InChI is InChI=1S/C11H10.2C7H8.2C2H6/c1-9-5-4-7-10-6-2-3-8-11(9)10;2*1-7-5-3-2-4-6-7;2*1-2/h2-8H,1H3;2*2-6H,1H3;2*1-2H3. The summed E-state index contributed by atoms with van der Waals surface area (Å²) >= 11 is 0. The molecule has 0 aliphatic rings. The molecule has 0 aliphatic carbocycles. The normalized spacial score (nSPS) is 8.52. The molecule has 0 heterocycles. The van der Waals surface area contributed by atoms with E-state index in [1.165, 1.54) is 27.5 Å². The molecule has 4 aromatic carbocycles. The maximum Gasteiger partial charge on any atom is -0.0155 e. The van der Waals surface area contributed by atoms with Crippen molar-refractivity contribution >= 4 is 10.8 Å². The van der Waals surface area contributed by atoms with E-state index in [0.717, 1.165) is 0 Å². The van der Waals surface area contributed by atoms with Crippen LogP contribution < -0.4 is 0 Å². The van der Waals surface area contributed by atoms with Gasteiger partial charge in [0.25, 0.3) is 0 Å². The van der Waals surface area contributed by atoms with Crippen LogP contribution in [0, 0.1) is 20.8 Å². The van der Waals surface area contributed by atoms with Crippen LogP contribution in [0.4, 0.5) is 0 Å². The number of hydrogen-bond acceptors (Lipinski definition) is 0. The fourth-order valence-electron chi connectivity index (χ4n) is 2.46. The monoisotopic (exact) mass is 386 g/mol. The molecule has 0 unspecified atom stereocenters. The summed E-state index contributed by atoms with van der Waals surface area (Å²) < 4.78 is 0. The Bertz CT molecular complexity index is 819. The predicted molar refractivity (Wildman–Crippen MR) is 134 cm³/mol. The van der Waals surface area contributed by atoms with Crippen LogP contribution in [0.1, 0.15) is 44.4 Å². The smallest absolute Gasteiger partial charge is 0.0155 e. The van der Waals surface area contributed by atoms with Gasteiger partial charge in [0.05, 0.1) is 0 Å². The van der Waals surface area contributed by atoms with Crippen LogP contribution in [-0.2, 0) is 0 Å². The summed E-state index contributed by atoms with van der Waals surface area (Å²) in [7, 11) is 0. The molecule has 0 atom stereocenters. The molecule has 4 rings (SSSR count). The van der Waals surface area contributed by atoms with E-state index in [-0.39, 0.29) is 0 Å². The fourth-order valence-corrected chi connectivity index (χ4v) is 2.46. The van der Waals surface area contributed by atoms with Gasteiger partial charge in [-0.1, -0.05) is 142 Å². The highest BCUT2D eigenvalue weighted by Gasteiger charge is 1.92. The first-order chi connectivity index (χ1) is 14.2. The van der Waals surface area contributed by atoms with Crippen LogP contribution in [0.3, 0.4) is 0 Å². The number of aryl methyl sites for hydroxylation is 3. The van der Waals surface area contributed by atoms with Gasteiger partial charge in [-0.3, -0.25) is 0 Å². The van der Waals surface area contributed by atoms with Crippen molar-refractivity contribution in [1.82, 2.24) is 0 Å². The Labute approximate surface area is 179 Å². The molecule has 0 nitrogen and oxygen atoms in total. The summed E-state index contributed by atoms with van der Waals surface area (Å²) in [5.41, 5.74) is 3.99. The number of hydrogen-bond donors (Lipinski definition) is 0. The molecule has 0 aromatic heterocycles. The van der Waals surface area contributed by atoms with Crippen LogP contribution in [0.2, 0.25) is 0 Å². The highest BCUT2D eigenvalue weighted by molar-refractivity contribution is 5.85. The van der Waals surface area contributed by atoms with E-state index in [2.05, 4.69) is 87.5 Å². The Hall–Kier alpha value is -2.86. The first-order valence-corrected chi connectivity index (χ1v) is 10.6. The first kappa shape index (κ1) is 26.1. The number of benzene rings is 4. The van der Waals surface area contributed by atoms with Crippen molar-refractivity contribution in [2.45, 2.75) is 48.5 Å². The van der Waals surface area contributed by atoms with Gasteiger partial charge in [0.15, 0.2) is 0 Å². The number of fused-ring (bicyclic) bond motifs is 1. The predicted octanol–water partition coefficient (Wildman–Crippen LogP) is 9.19. The lowest BCUT2D eigenvalue weighted by Crippen LogP contribution is -1.75. The molecule has 154 valence electrons. The number of rotatable bonds is 0. The van der Waals surface area contributed by atoms with E-state index >= 15 is 0 Å². The van der Waals surface area contributed by atoms with E-state index < -0.39 is 0 Å². The third kappa shape index (κ3) is 11.5. The largest absolute Gasteiger partial charge is 0.0683 e. The van der Waals surface area contributed by atoms with Crippen molar-refractivity contribution in [2.75, 3.05) is 0 Å². The summed E-state index contributed by atoms with van der Waals surface area (Å²) in [5.74, 6) is 0. The molecule has 0 spiro atoms. The van der Waals surface area contributed by atoms with Crippen molar-refractivity contribution in [3.05, 3.63) is 120 Å². The molecule has 0 heteroatoms. The fraction of sp³-hybridized carbons (Fsp3) is 0.241. The summed E-state index contributed by atoms with van der Waals surface area (Å²) in [6.45, 7) is 14.3. The topological polar surface area (TPSA) is 0 Å². The average Bonchev–Trinajstić information content (AvgIpc) is 2.79. The first-order valence-electron chi connectivity index (χ1n) is 10.6. The lowest BCUT2D eigenvalue weighted by molar-refractivity contribution is 1.48. The lowest BCUT2D eigenvalue weighted by atomic mass is 10.1. The van der Waals surface area contributed by atoms with Gasteiger partial charge in [0, 0.05) is 0 Å². The Morgan fingerprint density at radius 3 is 1.14 bits per heavy atom. The molecule has 0 aliphatic heterocycles. The quantitative estimate of drug-likeness (QED) is 0.282. The summed E-state index contributed by atoms with van der Waals surface area (Å²) in [6.07, 6.45) is 0. The molecule has 0 amide bonds. The van der Waals surface area contributed by atoms with Crippen molar-refractivity contribution in [2.24, 2.45) is 0 Å². The van der Waals surface area contributed by atoms with Gasteiger partial charge in [-0.15, -0.1) is 0 Å². The summed E-state index contributed by atoms with van der Waals surface area (Å²) in [5, 5.41) is 2.68. The third-order valence-corrected chi connectivity index (χ3v) is 3.89. The summed E-state index contributed by atoms with van der Waals surface area (Å²) in [4.78, 5) is 0. The van der Waals surface area contributed by atoms with E-state index in [9.17, 15) is 0 Å². The Morgan fingerprint density at radius 1 is 0.379 bits per heavy atom. The molecular weight excluding hydrogens is 348 g/mol. The summed E-state index contributed by atoms with van der Waals surface area (Å²) in [6, 6.07) is 35.3. The highest BCUT2D eigenvalue weighted by atomic mass is 14.0. The van der Waals surface area contributed by atoms with Crippen molar-refractivity contribution in [1.29, 1.82) is 0 Å². The van der Waals surface area contributed by atoms with Gasteiger partial charge in [0.2, 0.25) is 0 Å². The van der Waals surface area contributed by atoms with Gasteiger partial charge in [-0.05, 0) is 37.1 Å². The van der Waals surface area contributed by atoms with Crippen molar-refractivity contribution in [3.8, 4) is 0 Å². The Balaban J connectivity index is 0.000000386. The SMILES string of the molecule is CC.CC.Cc1cccc2ccccc12.Cc1ccccc1.Cc1ccccc1. The third-order valence-electron chi connectivity index (χ3n) is 3.89. The Kier molecular flexibility index (Phi) is 15.6. The van der Waals surface area contributed by atoms with Crippen LogP contribution in [0.15, 0.2) is 103 Å². The minimum Gasteiger partial charge on any atom is -0.0683 e. The molecule has 0 fully saturated rings. The maximum atomic E-state index is 2.16. The van der Waals surface area contributed by atoms with E-state index in [1.807, 2.05) is 64.1 Å². The molecule has 0 saturated carbocycles. The molecule has 0 N–H and O–H groups in total. The molecule has 0 bridgehead atoms. The molecule has 0 saturated heterocycles. The minimum absolute atomic E-state index is 1.32. The zero-order valence-electron chi connectivity index (χ0n) is 19.3. The molecule has 29 heavy (non-hydrogen) atoms. The van der Waals surface area contributed by atoms with Gasteiger partial charge < -0.3 is 0 Å². The second-order valence-corrected chi connectivity index (χ2v) is 6.11. The second-order valence-electron chi connectivity index (χ2n) is 6.11. The van der Waals surface area contributed by atoms with Crippen molar-refractivity contribution in [3.63, 3.8) is 0 Å². The van der Waals surface area contributed by atoms with Crippen LogP contribution in [0.25, 0.3) is 10.8 Å². The van der Waals surface area contributed by atoms with E-state index in [1.54, 1.807) is 0 Å². The molecular formula is C29H38. The average molecular weight is 387 g/mol. The van der Waals surface area contributed by atoms with Crippen LogP contribution in [-0.4, -0.2) is 0 Å². The maximum absolute atomic E-state index is 2.16. The zero-order valence-corrected chi connectivity index (χ0v) is 19.3. The Morgan fingerprint density at radius 2 is 0.759 bits per heavy atom. The van der Waals surface area contributed by atoms with Crippen molar-refractivity contribution < 1.29 is 0 Å². The molecule has 0 radical (unpaired) electrons. The van der Waals surface area contributed by atoms with E-state index in [4.69, 9.17) is 0 Å². The lowest BCUT2D eigenvalue weighted by Gasteiger charge is -1.98. The van der Waals surface area contributed by atoms with Gasteiger partial charge in [0.1, 0.15) is 0 Å². The van der Waals surface area contributed by atoms with Crippen LogP contribution in [0.5, 0.6) is 0 Å².